The van der Waals surface area contributed by atoms with Crippen LogP contribution >= 0.6 is 0 Å². The van der Waals surface area contributed by atoms with Crippen molar-refractivity contribution in [2.45, 2.75) is 12.3 Å². The fourth-order valence-corrected chi connectivity index (χ4v) is 3.58. The van der Waals surface area contributed by atoms with E-state index in [1.54, 1.807) is 13.3 Å². The molecule has 1 unspecified atom stereocenters. The number of anilines is 1. The molecule has 1 atom stereocenters. The van der Waals surface area contributed by atoms with Gasteiger partial charge in [-0.05, 0) is 35.9 Å². The first-order valence-corrected chi connectivity index (χ1v) is 9.18. The molecule has 138 valence electrons. The summed E-state index contributed by atoms with van der Waals surface area (Å²) >= 11 is 0. The number of hydrogen-bond donors (Lipinski definition) is 0. The Bertz CT molecular complexity index is 1040. The number of ether oxygens (including phenoxy) is 1. The van der Waals surface area contributed by atoms with Crippen LogP contribution in [0.2, 0.25) is 0 Å². The number of benzene rings is 2. The minimum atomic E-state index is 0.164. The number of hydrazone groups is 1. The lowest BCUT2D eigenvalue weighted by molar-refractivity contribution is 0.405. The predicted molar refractivity (Wildman–Crippen MR) is 110 cm³/mol. The normalized spacial score (nSPS) is 16.2. The third-order valence-electron chi connectivity index (χ3n) is 4.92. The molecule has 0 spiro atoms. The number of aromatic nitrogens is 1. The molecule has 1 aromatic heterocycles. The van der Waals surface area contributed by atoms with E-state index in [0.717, 1.165) is 34.8 Å². The van der Waals surface area contributed by atoms with Gasteiger partial charge in [-0.25, -0.2) is 0 Å². The lowest BCUT2D eigenvalue weighted by Crippen LogP contribution is -2.33. The Balaban J connectivity index is 1.80. The molecule has 1 aliphatic heterocycles. The monoisotopic (exact) mass is 368 g/mol. The topological polar surface area (TPSA) is 61.5 Å². The minimum absolute atomic E-state index is 0.164. The van der Waals surface area contributed by atoms with Gasteiger partial charge >= 0.3 is 0 Å². The van der Waals surface area contributed by atoms with E-state index in [-0.39, 0.29) is 5.92 Å². The number of nitriles is 1. The van der Waals surface area contributed by atoms with E-state index in [4.69, 9.17) is 9.84 Å². The summed E-state index contributed by atoms with van der Waals surface area (Å²) in [6, 6.07) is 23.7. The van der Waals surface area contributed by atoms with Gasteiger partial charge < -0.3 is 4.74 Å². The standard InChI is InChI=1S/C23H20N4O/c1-28-23-12-5-3-9-19(23)18-14-21(20-10-6-7-13-25-20)26-27(16-18)22-11-4-2-8-17(22)15-24/h2-13,18H,14,16H2,1H3. The number of nitrogens with zero attached hydrogens (tertiary/aromatic N) is 4. The maximum Gasteiger partial charge on any atom is 0.122 e. The fourth-order valence-electron chi connectivity index (χ4n) is 3.58. The highest BCUT2D eigenvalue weighted by Crippen LogP contribution is 2.35. The lowest BCUT2D eigenvalue weighted by Gasteiger charge is -2.32. The van der Waals surface area contributed by atoms with Crippen molar-refractivity contribution in [2.75, 3.05) is 18.7 Å². The summed E-state index contributed by atoms with van der Waals surface area (Å²) in [5, 5.41) is 16.3. The fraction of sp³-hybridized carbons (Fsp3) is 0.174. The minimum Gasteiger partial charge on any atom is -0.496 e. The smallest absolute Gasteiger partial charge is 0.122 e. The van der Waals surface area contributed by atoms with Crippen LogP contribution in [-0.2, 0) is 0 Å². The number of pyridine rings is 1. The average molecular weight is 368 g/mol. The first-order valence-electron chi connectivity index (χ1n) is 9.18. The molecule has 0 bridgehead atoms. The molecule has 5 nitrogen and oxygen atoms in total. The lowest BCUT2D eigenvalue weighted by atomic mass is 9.90. The number of para-hydroxylation sites is 2. The van der Waals surface area contributed by atoms with Crippen LogP contribution in [0.1, 0.15) is 29.2 Å². The van der Waals surface area contributed by atoms with Crippen molar-refractivity contribution in [1.82, 2.24) is 4.98 Å². The van der Waals surface area contributed by atoms with Crippen LogP contribution in [0.4, 0.5) is 5.69 Å². The highest BCUT2D eigenvalue weighted by molar-refractivity contribution is 6.00. The average Bonchev–Trinajstić information content (AvgIpc) is 2.79. The summed E-state index contributed by atoms with van der Waals surface area (Å²) in [6.07, 6.45) is 2.53. The van der Waals surface area contributed by atoms with Gasteiger partial charge in [0.1, 0.15) is 11.8 Å². The van der Waals surface area contributed by atoms with E-state index >= 15 is 0 Å². The van der Waals surface area contributed by atoms with Gasteiger partial charge in [-0.1, -0.05) is 36.4 Å². The van der Waals surface area contributed by atoms with Crippen molar-refractivity contribution in [2.24, 2.45) is 5.10 Å². The molecule has 0 saturated heterocycles. The predicted octanol–water partition coefficient (Wildman–Crippen LogP) is 4.36. The number of rotatable bonds is 4. The van der Waals surface area contributed by atoms with E-state index in [1.807, 2.05) is 65.7 Å². The van der Waals surface area contributed by atoms with Gasteiger partial charge in [0.2, 0.25) is 0 Å². The van der Waals surface area contributed by atoms with Crippen LogP contribution in [0.5, 0.6) is 5.75 Å². The van der Waals surface area contributed by atoms with E-state index in [9.17, 15) is 5.26 Å². The second-order valence-electron chi connectivity index (χ2n) is 6.62. The van der Waals surface area contributed by atoms with Crippen molar-refractivity contribution in [3.05, 3.63) is 89.7 Å². The van der Waals surface area contributed by atoms with Crippen LogP contribution in [-0.4, -0.2) is 24.4 Å². The third kappa shape index (κ3) is 3.45. The Hall–Kier alpha value is -3.65. The van der Waals surface area contributed by atoms with Crippen molar-refractivity contribution in [3.63, 3.8) is 0 Å². The second kappa shape index (κ2) is 7.93. The Morgan fingerprint density at radius 2 is 1.82 bits per heavy atom. The van der Waals surface area contributed by atoms with Crippen molar-refractivity contribution < 1.29 is 4.74 Å². The Morgan fingerprint density at radius 3 is 2.61 bits per heavy atom. The molecular weight excluding hydrogens is 348 g/mol. The largest absolute Gasteiger partial charge is 0.496 e. The van der Waals surface area contributed by atoms with Crippen LogP contribution in [0, 0.1) is 11.3 Å². The third-order valence-corrected chi connectivity index (χ3v) is 4.92. The van der Waals surface area contributed by atoms with Gasteiger partial charge in [-0.3, -0.25) is 9.99 Å². The zero-order chi connectivity index (χ0) is 19.3. The summed E-state index contributed by atoms with van der Waals surface area (Å²) in [6.45, 7) is 0.662. The van der Waals surface area contributed by atoms with Crippen molar-refractivity contribution in [1.29, 1.82) is 5.26 Å². The summed E-state index contributed by atoms with van der Waals surface area (Å²) in [7, 11) is 1.69. The molecule has 0 aliphatic carbocycles. The van der Waals surface area contributed by atoms with Gasteiger partial charge in [0.15, 0.2) is 0 Å². The van der Waals surface area contributed by atoms with Gasteiger partial charge in [-0.2, -0.15) is 10.4 Å². The molecule has 2 heterocycles. The highest BCUT2D eigenvalue weighted by atomic mass is 16.5. The first kappa shape index (κ1) is 17.7. The van der Waals surface area contributed by atoms with Gasteiger partial charge in [0.25, 0.3) is 0 Å². The zero-order valence-corrected chi connectivity index (χ0v) is 15.6. The van der Waals surface area contributed by atoms with Gasteiger partial charge in [-0.15, -0.1) is 0 Å². The Labute approximate surface area is 164 Å². The zero-order valence-electron chi connectivity index (χ0n) is 15.6. The second-order valence-corrected chi connectivity index (χ2v) is 6.62. The molecule has 0 saturated carbocycles. The Morgan fingerprint density at radius 1 is 1.04 bits per heavy atom. The molecule has 0 amide bonds. The molecule has 2 aromatic carbocycles. The van der Waals surface area contributed by atoms with E-state index in [0.29, 0.717) is 12.1 Å². The van der Waals surface area contributed by atoms with Gasteiger partial charge in [0.05, 0.1) is 29.8 Å². The van der Waals surface area contributed by atoms with E-state index in [2.05, 4.69) is 17.1 Å². The van der Waals surface area contributed by atoms with Crippen LogP contribution in [0.15, 0.2) is 78.0 Å². The summed E-state index contributed by atoms with van der Waals surface area (Å²) in [4.78, 5) is 4.49. The van der Waals surface area contributed by atoms with Crippen molar-refractivity contribution in [3.8, 4) is 11.8 Å². The Kier molecular flexibility index (Phi) is 5.03. The molecular formula is C23H20N4O. The molecule has 3 aromatic rings. The maximum atomic E-state index is 9.54. The SMILES string of the molecule is COc1ccccc1C1CC(c2ccccn2)=NN(c2ccccc2C#N)C1. The molecule has 1 aliphatic rings. The number of methoxy groups -OCH3 is 1. The summed E-state index contributed by atoms with van der Waals surface area (Å²) < 4.78 is 5.60. The van der Waals surface area contributed by atoms with Gasteiger partial charge in [0, 0.05) is 25.1 Å². The molecule has 0 fully saturated rings. The molecule has 4 rings (SSSR count). The molecule has 0 radical (unpaired) electrons. The number of hydrogen-bond acceptors (Lipinski definition) is 5. The molecule has 28 heavy (non-hydrogen) atoms. The highest BCUT2D eigenvalue weighted by Gasteiger charge is 2.28. The van der Waals surface area contributed by atoms with E-state index < -0.39 is 0 Å². The maximum absolute atomic E-state index is 9.54. The van der Waals surface area contributed by atoms with E-state index in [1.165, 1.54) is 0 Å². The summed E-state index contributed by atoms with van der Waals surface area (Å²) in [5.41, 5.74) is 4.29. The van der Waals surface area contributed by atoms with Crippen LogP contribution < -0.4 is 9.75 Å². The quantitative estimate of drug-likeness (QED) is 0.686. The van der Waals surface area contributed by atoms with Crippen LogP contribution in [0.25, 0.3) is 0 Å². The first-order chi connectivity index (χ1) is 13.8. The summed E-state index contributed by atoms with van der Waals surface area (Å²) in [5.74, 6) is 1.03. The van der Waals surface area contributed by atoms with Crippen molar-refractivity contribution >= 4 is 11.4 Å². The molecule has 5 heteroatoms. The molecule has 0 N–H and O–H groups in total. The van der Waals surface area contributed by atoms with Crippen LogP contribution in [0.3, 0.4) is 0 Å².